The van der Waals surface area contributed by atoms with Crippen molar-refractivity contribution in [2.75, 3.05) is 11.9 Å². The van der Waals surface area contributed by atoms with E-state index in [-0.39, 0.29) is 5.56 Å². The summed E-state index contributed by atoms with van der Waals surface area (Å²) < 4.78 is 27.3. The van der Waals surface area contributed by atoms with Crippen molar-refractivity contribution in [2.24, 2.45) is 5.92 Å². The highest BCUT2D eigenvalue weighted by atomic mass is 79.9. The molecule has 0 saturated carbocycles. The van der Waals surface area contributed by atoms with Crippen molar-refractivity contribution >= 4 is 21.8 Å². The van der Waals surface area contributed by atoms with Crippen LogP contribution in [0.2, 0.25) is 0 Å². The fourth-order valence-corrected chi connectivity index (χ4v) is 2.44. The van der Waals surface area contributed by atoms with Gasteiger partial charge < -0.3 is 5.32 Å². The lowest BCUT2D eigenvalue weighted by atomic mass is 10.0. The summed E-state index contributed by atoms with van der Waals surface area (Å²) in [5.41, 5.74) is -0.229. The van der Waals surface area contributed by atoms with Gasteiger partial charge in [-0.05, 0) is 30.9 Å². The lowest BCUT2D eigenvalue weighted by Gasteiger charge is -2.15. The number of hydrogen-bond acceptors (Lipinski definition) is 1. The summed E-state index contributed by atoms with van der Waals surface area (Å²) in [5, 5.41) is 3.45. The minimum atomic E-state index is -0.825. The molecule has 0 bridgehead atoms. The molecule has 1 N–H and O–H groups in total. The molecule has 0 spiro atoms. The lowest BCUT2D eigenvalue weighted by Crippen LogP contribution is -2.31. The van der Waals surface area contributed by atoms with Crippen LogP contribution in [0.4, 0.5) is 8.78 Å². The van der Waals surface area contributed by atoms with E-state index in [0.717, 1.165) is 24.2 Å². The number of aryl methyl sites for hydroxylation is 1. The lowest BCUT2D eigenvalue weighted by molar-refractivity contribution is 0.0938. The van der Waals surface area contributed by atoms with Crippen LogP contribution in [0.25, 0.3) is 0 Å². The minimum Gasteiger partial charge on any atom is -0.352 e. The normalized spacial score (nSPS) is 12.3. The van der Waals surface area contributed by atoms with Crippen LogP contribution in [0.1, 0.15) is 35.7 Å². The predicted octanol–water partition coefficient (Wildman–Crippen LogP) is 3.81. The van der Waals surface area contributed by atoms with Crippen LogP contribution in [-0.4, -0.2) is 17.8 Å². The van der Waals surface area contributed by atoms with E-state index < -0.39 is 23.1 Å². The number of halogens is 3. The first-order valence-corrected chi connectivity index (χ1v) is 7.42. The van der Waals surface area contributed by atoms with Gasteiger partial charge in [0.15, 0.2) is 0 Å². The monoisotopic (exact) mass is 333 g/mol. The Morgan fingerprint density at radius 1 is 1.42 bits per heavy atom. The molecule has 1 atom stereocenters. The maximum absolute atomic E-state index is 13.8. The van der Waals surface area contributed by atoms with E-state index in [0.29, 0.717) is 12.5 Å². The van der Waals surface area contributed by atoms with Crippen molar-refractivity contribution in [3.63, 3.8) is 0 Å². The molecule has 5 heteroatoms. The van der Waals surface area contributed by atoms with Gasteiger partial charge in [-0.3, -0.25) is 4.79 Å². The molecule has 1 aromatic carbocycles. The number of carbonyl (C=O) groups excluding carboxylic acids is 1. The summed E-state index contributed by atoms with van der Waals surface area (Å²) in [5.74, 6) is -1.99. The SMILES string of the molecule is CCC(CCBr)CNC(=O)c1c(F)ccc(C)c1F. The molecule has 0 aliphatic heterocycles. The van der Waals surface area contributed by atoms with E-state index in [1.807, 2.05) is 6.92 Å². The number of carbonyl (C=O) groups is 1. The van der Waals surface area contributed by atoms with Gasteiger partial charge in [0.05, 0.1) is 0 Å². The van der Waals surface area contributed by atoms with Gasteiger partial charge in [-0.15, -0.1) is 0 Å². The molecule has 0 aliphatic rings. The summed E-state index contributed by atoms with van der Waals surface area (Å²) in [6.07, 6.45) is 1.82. The Hall–Kier alpha value is -0.970. The van der Waals surface area contributed by atoms with E-state index in [1.165, 1.54) is 13.0 Å². The molecule has 0 fully saturated rings. The highest BCUT2D eigenvalue weighted by molar-refractivity contribution is 9.09. The zero-order valence-corrected chi connectivity index (χ0v) is 12.7. The third-order valence-electron chi connectivity index (χ3n) is 3.16. The van der Waals surface area contributed by atoms with Crippen molar-refractivity contribution in [1.82, 2.24) is 5.32 Å². The fourth-order valence-electron chi connectivity index (χ4n) is 1.80. The molecular formula is C14H18BrF2NO. The molecule has 0 aromatic heterocycles. The van der Waals surface area contributed by atoms with Crippen LogP contribution in [-0.2, 0) is 0 Å². The molecule has 106 valence electrons. The van der Waals surface area contributed by atoms with Crippen molar-refractivity contribution < 1.29 is 13.6 Å². The summed E-state index contributed by atoms with van der Waals surface area (Å²) in [7, 11) is 0. The second-order valence-corrected chi connectivity index (χ2v) is 5.31. The zero-order chi connectivity index (χ0) is 14.4. The van der Waals surface area contributed by atoms with Crippen LogP contribution in [0.3, 0.4) is 0 Å². The van der Waals surface area contributed by atoms with Crippen LogP contribution in [0.5, 0.6) is 0 Å². The van der Waals surface area contributed by atoms with Gasteiger partial charge in [0.2, 0.25) is 0 Å². The fraction of sp³-hybridized carbons (Fsp3) is 0.500. The third-order valence-corrected chi connectivity index (χ3v) is 3.62. The van der Waals surface area contributed by atoms with Crippen molar-refractivity contribution in [3.8, 4) is 0 Å². The van der Waals surface area contributed by atoms with Gasteiger partial charge >= 0.3 is 0 Å². The first kappa shape index (κ1) is 16.1. The Kier molecular flexibility index (Phi) is 6.42. The van der Waals surface area contributed by atoms with Crippen molar-refractivity contribution in [1.29, 1.82) is 0 Å². The van der Waals surface area contributed by atoms with Gasteiger partial charge in [0, 0.05) is 11.9 Å². The molecule has 0 aliphatic carbocycles. The molecule has 0 radical (unpaired) electrons. The maximum atomic E-state index is 13.8. The van der Waals surface area contributed by atoms with E-state index in [9.17, 15) is 13.6 Å². The first-order chi connectivity index (χ1) is 9.01. The Morgan fingerprint density at radius 3 is 2.68 bits per heavy atom. The molecule has 19 heavy (non-hydrogen) atoms. The first-order valence-electron chi connectivity index (χ1n) is 6.30. The summed E-state index contributed by atoms with van der Waals surface area (Å²) in [6.45, 7) is 3.95. The van der Waals surface area contributed by atoms with E-state index >= 15 is 0 Å². The number of hydrogen-bond donors (Lipinski definition) is 1. The number of alkyl halides is 1. The van der Waals surface area contributed by atoms with Gasteiger partial charge in [-0.25, -0.2) is 8.78 Å². The number of benzene rings is 1. The Bertz CT molecular complexity index is 451. The quantitative estimate of drug-likeness (QED) is 0.788. The van der Waals surface area contributed by atoms with Crippen molar-refractivity contribution in [2.45, 2.75) is 26.7 Å². The van der Waals surface area contributed by atoms with E-state index in [4.69, 9.17) is 0 Å². The molecule has 0 saturated heterocycles. The second-order valence-electron chi connectivity index (χ2n) is 4.52. The van der Waals surface area contributed by atoms with E-state index in [1.54, 1.807) is 0 Å². The Labute approximate surface area is 120 Å². The molecule has 1 amide bonds. The molecular weight excluding hydrogens is 316 g/mol. The maximum Gasteiger partial charge on any atom is 0.257 e. The second kappa shape index (κ2) is 7.58. The summed E-state index contributed by atoms with van der Waals surface area (Å²) in [4.78, 5) is 11.9. The van der Waals surface area contributed by atoms with Crippen LogP contribution in [0.15, 0.2) is 12.1 Å². The molecule has 1 unspecified atom stereocenters. The van der Waals surface area contributed by atoms with Crippen LogP contribution in [0, 0.1) is 24.5 Å². The number of nitrogens with one attached hydrogen (secondary N) is 1. The number of amides is 1. The molecule has 1 rings (SSSR count). The standard InChI is InChI=1S/C14H18BrF2NO/c1-3-10(6-7-15)8-18-14(19)12-11(16)5-4-9(2)13(12)17/h4-5,10H,3,6-8H2,1-2H3,(H,18,19). The summed E-state index contributed by atoms with van der Waals surface area (Å²) in [6, 6.07) is 2.43. The van der Waals surface area contributed by atoms with E-state index in [2.05, 4.69) is 21.2 Å². The average molecular weight is 334 g/mol. The van der Waals surface area contributed by atoms with Crippen LogP contribution >= 0.6 is 15.9 Å². The highest BCUT2D eigenvalue weighted by Gasteiger charge is 2.19. The Balaban J connectivity index is 2.76. The highest BCUT2D eigenvalue weighted by Crippen LogP contribution is 2.16. The molecule has 0 heterocycles. The van der Waals surface area contributed by atoms with Gasteiger partial charge in [0.1, 0.15) is 17.2 Å². The van der Waals surface area contributed by atoms with Gasteiger partial charge in [-0.1, -0.05) is 35.3 Å². The average Bonchev–Trinajstić information content (AvgIpc) is 2.39. The van der Waals surface area contributed by atoms with Gasteiger partial charge in [-0.2, -0.15) is 0 Å². The number of rotatable bonds is 6. The predicted molar refractivity (Wildman–Crippen MR) is 75.6 cm³/mol. The Morgan fingerprint density at radius 2 is 2.11 bits per heavy atom. The minimum absolute atomic E-state index is 0.263. The topological polar surface area (TPSA) is 29.1 Å². The van der Waals surface area contributed by atoms with Crippen LogP contribution < -0.4 is 5.32 Å². The van der Waals surface area contributed by atoms with Crippen molar-refractivity contribution in [3.05, 3.63) is 34.9 Å². The summed E-state index contributed by atoms with van der Waals surface area (Å²) >= 11 is 3.34. The molecule has 1 aromatic rings. The zero-order valence-electron chi connectivity index (χ0n) is 11.1. The molecule has 2 nitrogen and oxygen atoms in total. The third kappa shape index (κ3) is 4.27. The van der Waals surface area contributed by atoms with Gasteiger partial charge in [0.25, 0.3) is 5.91 Å². The smallest absolute Gasteiger partial charge is 0.257 e. The largest absolute Gasteiger partial charge is 0.352 e.